The van der Waals surface area contributed by atoms with Gasteiger partial charge < -0.3 is 15.2 Å². The lowest BCUT2D eigenvalue weighted by Gasteiger charge is -2.17. The number of amides is 1. The van der Waals surface area contributed by atoms with Crippen molar-refractivity contribution in [3.05, 3.63) is 29.3 Å². The number of aryl methyl sites for hydroxylation is 1. The zero-order chi connectivity index (χ0) is 13.5. The molecule has 0 heterocycles. The molecule has 1 rings (SSSR count). The molecule has 1 amide bonds. The number of carbonyl (C=O) groups excluding carboxylic acids is 1. The third kappa shape index (κ3) is 3.89. The van der Waals surface area contributed by atoms with Crippen LogP contribution >= 0.6 is 11.6 Å². The third-order valence-electron chi connectivity index (χ3n) is 2.64. The first-order valence-corrected chi connectivity index (χ1v) is 6.28. The van der Waals surface area contributed by atoms with Crippen LogP contribution < -0.4 is 5.32 Å². The van der Waals surface area contributed by atoms with Crippen LogP contribution in [0.4, 0.5) is 0 Å². The monoisotopic (exact) mass is 271 g/mol. The summed E-state index contributed by atoms with van der Waals surface area (Å²) in [7, 11) is 1.57. The van der Waals surface area contributed by atoms with E-state index in [1.54, 1.807) is 32.2 Å². The van der Waals surface area contributed by atoms with Crippen molar-refractivity contribution in [2.75, 3.05) is 19.6 Å². The number of benzene rings is 1. The Bertz CT molecular complexity index is 403. The Labute approximate surface area is 112 Å². The van der Waals surface area contributed by atoms with Crippen molar-refractivity contribution in [3.8, 4) is 5.75 Å². The Morgan fingerprint density at radius 2 is 2.28 bits per heavy atom. The smallest absolute Gasteiger partial charge is 0.255 e. The van der Waals surface area contributed by atoms with Gasteiger partial charge in [0.1, 0.15) is 5.75 Å². The lowest BCUT2D eigenvalue weighted by Crippen LogP contribution is -2.38. The van der Waals surface area contributed by atoms with Crippen LogP contribution in [0.1, 0.15) is 22.3 Å². The van der Waals surface area contributed by atoms with Crippen LogP contribution in [-0.2, 0) is 4.74 Å². The number of phenolic OH excluding ortho intramolecular Hbond substituents is 1. The maximum absolute atomic E-state index is 12.0. The number of carbonyl (C=O) groups is 1. The summed E-state index contributed by atoms with van der Waals surface area (Å²) in [5.41, 5.74) is 0.939. The molecule has 1 unspecified atom stereocenters. The van der Waals surface area contributed by atoms with Gasteiger partial charge in [-0.25, -0.2) is 0 Å². The Kier molecular flexibility index (Phi) is 5.95. The SMILES string of the molecule is COCC(CCCl)NC(=O)c1cccc(C)c1O. The van der Waals surface area contributed by atoms with Crippen LogP contribution in [0.2, 0.25) is 0 Å². The standard InChI is InChI=1S/C13H18ClNO3/c1-9-4-3-5-11(12(9)16)13(17)15-10(6-7-14)8-18-2/h3-5,10,16H,6-8H2,1-2H3,(H,15,17). The van der Waals surface area contributed by atoms with Gasteiger partial charge in [-0.15, -0.1) is 11.6 Å². The Hall–Kier alpha value is -1.26. The van der Waals surface area contributed by atoms with Crippen LogP contribution in [0, 0.1) is 6.92 Å². The van der Waals surface area contributed by atoms with Gasteiger partial charge in [0, 0.05) is 13.0 Å². The molecule has 18 heavy (non-hydrogen) atoms. The zero-order valence-corrected chi connectivity index (χ0v) is 11.3. The Morgan fingerprint density at radius 1 is 1.56 bits per heavy atom. The predicted molar refractivity (Wildman–Crippen MR) is 71.3 cm³/mol. The second kappa shape index (κ2) is 7.24. The number of aromatic hydroxyl groups is 1. The molecule has 4 nitrogen and oxygen atoms in total. The van der Waals surface area contributed by atoms with Gasteiger partial charge in [0.15, 0.2) is 0 Å². The van der Waals surface area contributed by atoms with Gasteiger partial charge in [-0.3, -0.25) is 4.79 Å². The van der Waals surface area contributed by atoms with Crippen LogP contribution in [-0.4, -0.2) is 36.7 Å². The number of nitrogens with one attached hydrogen (secondary N) is 1. The quantitative estimate of drug-likeness (QED) is 0.779. The largest absolute Gasteiger partial charge is 0.507 e. The van der Waals surface area contributed by atoms with Crippen molar-refractivity contribution in [1.82, 2.24) is 5.32 Å². The number of hydrogen-bond acceptors (Lipinski definition) is 3. The van der Waals surface area contributed by atoms with Crippen LogP contribution in [0.3, 0.4) is 0 Å². The molecular formula is C13H18ClNO3. The number of para-hydroxylation sites is 1. The summed E-state index contributed by atoms with van der Waals surface area (Å²) in [6.07, 6.45) is 0.619. The molecule has 0 aliphatic rings. The average Bonchev–Trinajstić information content (AvgIpc) is 2.33. The summed E-state index contributed by atoms with van der Waals surface area (Å²) in [5, 5.41) is 12.6. The van der Waals surface area contributed by atoms with E-state index in [4.69, 9.17) is 16.3 Å². The minimum Gasteiger partial charge on any atom is -0.507 e. The summed E-state index contributed by atoms with van der Waals surface area (Å²) in [5.74, 6) is 0.133. The topological polar surface area (TPSA) is 58.6 Å². The highest BCUT2D eigenvalue weighted by molar-refractivity contribution is 6.17. The lowest BCUT2D eigenvalue weighted by atomic mass is 10.1. The molecule has 0 radical (unpaired) electrons. The molecule has 1 aromatic rings. The van der Waals surface area contributed by atoms with Gasteiger partial charge in [0.2, 0.25) is 0 Å². The van der Waals surface area contributed by atoms with E-state index in [0.29, 0.717) is 24.5 Å². The minimum absolute atomic E-state index is 0.0111. The molecule has 0 aromatic heterocycles. The number of alkyl halides is 1. The number of ether oxygens (including phenoxy) is 1. The van der Waals surface area contributed by atoms with E-state index in [2.05, 4.69) is 5.32 Å². The molecule has 0 aliphatic heterocycles. The van der Waals surface area contributed by atoms with Crippen molar-refractivity contribution in [2.45, 2.75) is 19.4 Å². The summed E-state index contributed by atoms with van der Waals surface area (Å²) < 4.78 is 5.01. The Morgan fingerprint density at radius 3 is 2.89 bits per heavy atom. The average molecular weight is 272 g/mol. The molecular weight excluding hydrogens is 254 g/mol. The first-order chi connectivity index (χ1) is 8.60. The van der Waals surface area contributed by atoms with Gasteiger partial charge in [0.25, 0.3) is 5.91 Å². The van der Waals surface area contributed by atoms with E-state index < -0.39 is 0 Å². The fraction of sp³-hybridized carbons (Fsp3) is 0.462. The van der Waals surface area contributed by atoms with Gasteiger partial charge >= 0.3 is 0 Å². The zero-order valence-electron chi connectivity index (χ0n) is 10.6. The molecule has 0 bridgehead atoms. The van der Waals surface area contributed by atoms with E-state index in [0.717, 1.165) is 0 Å². The molecule has 0 saturated carbocycles. The molecule has 0 saturated heterocycles. The molecule has 0 spiro atoms. The number of methoxy groups -OCH3 is 1. The summed E-state index contributed by atoms with van der Waals surface area (Å²) in [6.45, 7) is 2.14. The molecule has 0 aliphatic carbocycles. The van der Waals surface area contributed by atoms with Crippen molar-refractivity contribution in [3.63, 3.8) is 0 Å². The van der Waals surface area contributed by atoms with E-state index in [9.17, 15) is 9.90 Å². The first kappa shape index (κ1) is 14.8. The highest BCUT2D eigenvalue weighted by atomic mass is 35.5. The molecule has 0 fully saturated rings. The van der Waals surface area contributed by atoms with Gasteiger partial charge in [-0.1, -0.05) is 12.1 Å². The number of halogens is 1. The van der Waals surface area contributed by atoms with Crippen LogP contribution in [0.25, 0.3) is 0 Å². The lowest BCUT2D eigenvalue weighted by molar-refractivity contribution is 0.0892. The maximum atomic E-state index is 12.0. The number of phenols is 1. The molecule has 5 heteroatoms. The summed E-state index contributed by atoms with van der Waals surface area (Å²) in [4.78, 5) is 12.0. The summed E-state index contributed by atoms with van der Waals surface area (Å²) >= 11 is 5.66. The third-order valence-corrected chi connectivity index (χ3v) is 2.86. The van der Waals surface area contributed by atoms with Crippen LogP contribution in [0.15, 0.2) is 18.2 Å². The molecule has 1 aromatic carbocycles. The van der Waals surface area contributed by atoms with E-state index >= 15 is 0 Å². The molecule has 100 valence electrons. The normalized spacial score (nSPS) is 12.2. The van der Waals surface area contributed by atoms with Crippen molar-refractivity contribution < 1.29 is 14.6 Å². The van der Waals surface area contributed by atoms with Crippen molar-refractivity contribution in [1.29, 1.82) is 0 Å². The molecule has 2 N–H and O–H groups in total. The van der Waals surface area contributed by atoms with Gasteiger partial charge in [0.05, 0.1) is 18.2 Å². The van der Waals surface area contributed by atoms with Crippen molar-refractivity contribution in [2.24, 2.45) is 0 Å². The fourth-order valence-electron chi connectivity index (χ4n) is 1.64. The van der Waals surface area contributed by atoms with Gasteiger partial charge in [-0.05, 0) is 25.0 Å². The molecule has 1 atom stereocenters. The van der Waals surface area contributed by atoms with E-state index in [1.165, 1.54) is 0 Å². The highest BCUT2D eigenvalue weighted by Gasteiger charge is 2.16. The van der Waals surface area contributed by atoms with Crippen LogP contribution in [0.5, 0.6) is 5.75 Å². The number of hydrogen-bond donors (Lipinski definition) is 2. The summed E-state index contributed by atoms with van der Waals surface area (Å²) in [6, 6.07) is 4.91. The minimum atomic E-state index is -0.316. The maximum Gasteiger partial charge on any atom is 0.255 e. The first-order valence-electron chi connectivity index (χ1n) is 5.74. The predicted octanol–water partition coefficient (Wildman–Crippen LogP) is 2.07. The van der Waals surface area contributed by atoms with Crippen molar-refractivity contribution >= 4 is 17.5 Å². The second-order valence-corrected chi connectivity index (χ2v) is 4.45. The highest BCUT2D eigenvalue weighted by Crippen LogP contribution is 2.21. The van der Waals surface area contributed by atoms with Gasteiger partial charge in [-0.2, -0.15) is 0 Å². The Balaban J connectivity index is 2.77. The number of rotatable bonds is 6. The fourth-order valence-corrected chi connectivity index (χ4v) is 1.90. The van der Waals surface area contributed by atoms with E-state index in [1.807, 2.05) is 0 Å². The second-order valence-electron chi connectivity index (χ2n) is 4.07. The van der Waals surface area contributed by atoms with E-state index in [-0.39, 0.29) is 23.3 Å².